The molecule has 0 aliphatic carbocycles. The Morgan fingerprint density at radius 3 is 2.29 bits per heavy atom. The van der Waals surface area contributed by atoms with Crippen LogP contribution in [0.25, 0.3) is 0 Å². The summed E-state index contributed by atoms with van der Waals surface area (Å²) in [6.07, 6.45) is 0. The second-order valence-electron chi connectivity index (χ2n) is 5.54. The van der Waals surface area contributed by atoms with Crippen molar-refractivity contribution < 1.29 is 9.53 Å². The van der Waals surface area contributed by atoms with Crippen LogP contribution in [-0.2, 0) is 7.05 Å². The maximum Gasteiger partial charge on any atom is 0.223 e. The van der Waals surface area contributed by atoms with Crippen molar-refractivity contribution in [1.29, 1.82) is 0 Å². The number of nitrogens with zero attached hydrogens (tertiary/aromatic N) is 2. The van der Waals surface area contributed by atoms with E-state index in [-0.39, 0.29) is 5.78 Å². The minimum Gasteiger partial charge on any atom is -0.481 e. The lowest BCUT2D eigenvalue weighted by molar-refractivity contribution is 0.103. The Balaban J connectivity index is 2.67. The Kier molecular flexibility index (Phi) is 3.90. The Labute approximate surface area is 125 Å². The molecule has 0 bridgehead atoms. The van der Waals surface area contributed by atoms with Crippen LogP contribution in [0.4, 0.5) is 0 Å². The monoisotopic (exact) mass is 286 g/mol. The third-order valence-corrected chi connectivity index (χ3v) is 4.32. The molecule has 0 atom stereocenters. The van der Waals surface area contributed by atoms with Crippen LogP contribution >= 0.6 is 0 Å². The van der Waals surface area contributed by atoms with E-state index in [0.29, 0.717) is 17.1 Å². The van der Waals surface area contributed by atoms with Crippen molar-refractivity contribution in [3.05, 3.63) is 45.1 Å². The highest BCUT2D eigenvalue weighted by Crippen LogP contribution is 2.28. The van der Waals surface area contributed by atoms with E-state index < -0.39 is 0 Å². The Morgan fingerprint density at radius 2 is 1.71 bits per heavy atom. The molecule has 0 unspecified atom stereocenters. The van der Waals surface area contributed by atoms with Gasteiger partial charge in [-0.2, -0.15) is 5.10 Å². The van der Waals surface area contributed by atoms with Gasteiger partial charge in [0.2, 0.25) is 11.7 Å². The topological polar surface area (TPSA) is 44.1 Å². The fraction of sp³-hybridized carbons (Fsp3) is 0.412. The van der Waals surface area contributed by atoms with Crippen LogP contribution in [0.1, 0.15) is 43.9 Å². The molecule has 0 N–H and O–H groups in total. The van der Waals surface area contributed by atoms with Crippen LogP contribution in [0.2, 0.25) is 0 Å². The Bertz CT molecular complexity index is 727. The second-order valence-corrected chi connectivity index (χ2v) is 5.54. The number of benzene rings is 1. The second kappa shape index (κ2) is 5.35. The zero-order valence-electron chi connectivity index (χ0n) is 13.8. The lowest BCUT2D eigenvalue weighted by Gasteiger charge is -2.14. The molecule has 112 valence electrons. The predicted molar refractivity (Wildman–Crippen MR) is 83.3 cm³/mol. The van der Waals surface area contributed by atoms with Gasteiger partial charge in [-0.3, -0.25) is 4.79 Å². The molecule has 0 aliphatic rings. The molecule has 0 amide bonds. The van der Waals surface area contributed by atoms with E-state index in [4.69, 9.17) is 4.74 Å². The molecule has 4 nitrogen and oxygen atoms in total. The zero-order valence-corrected chi connectivity index (χ0v) is 13.8. The number of hydrogen-bond acceptors (Lipinski definition) is 3. The van der Waals surface area contributed by atoms with E-state index in [1.807, 2.05) is 26.8 Å². The number of carbonyl (C=O) groups excluding carboxylic acids is 1. The molecule has 1 aromatic heterocycles. The number of aryl methyl sites for hydroxylation is 3. The number of methoxy groups -OCH3 is 1. The summed E-state index contributed by atoms with van der Waals surface area (Å²) in [4.78, 5) is 13.0. The van der Waals surface area contributed by atoms with Gasteiger partial charge >= 0.3 is 0 Å². The summed E-state index contributed by atoms with van der Waals surface area (Å²) in [5.74, 6) is 0.480. The van der Waals surface area contributed by atoms with Crippen LogP contribution < -0.4 is 4.74 Å². The highest BCUT2D eigenvalue weighted by molar-refractivity contribution is 6.12. The van der Waals surface area contributed by atoms with E-state index in [1.165, 1.54) is 11.1 Å². The fourth-order valence-electron chi connectivity index (χ4n) is 2.72. The third-order valence-electron chi connectivity index (χ3n) is 4.32. The molecule has 0 spiro atoms. The van der Waals surface area contributed by atoms with Gasteiger partial charge in [-0.05, 0) is 62.9 Å². The van der Waals surface area contributed by atoms with Gasteiger partial charge in [0.05, 0.1) is 12.8 Å². The van der Waals surface area contributed by atoms with Crippen molar-refractivity contribution >= 4 is 5.78 Å². The number of ketones is 1. The Hall–Kier alpha value is -2.10. The standard InChI is InChI=1S/C17H22N2O2/c1-9-8-14(12(4)11(3)10(9)2)16(20)15-13(5)18-19(6)17(15)21-7/h8H,1-7H3. The lowest BCUT2D eigenvalue weighted by Crippen LogP contribution is -2.09. The maximum absolute atomic E-state index is 13.0. The van der Waals surface area contributed by atoms with E-state index in [2.05, 4.69) is 18.9 Å². The predicted octanol–water partition coefficient (Wildman–Crippen LogP) is 3.20. The van der Waals surface area contributed by atoms with Gasteiger partial charge in [-0.25, -0.2) is 4.68 Å². The van der Waals surface area contributed by atoms with E-state index in [1.54, 1.807) is 18.8 Å². The molecule has 21 heavy (non-hydrogen) atoms. The first-order valence-electron chi connectivity index (χ1n) is 6.99. The van der Waals surface area contributed by atoms with Crippen LogP contribution in [0.3, 0.4) is 0 Å². The smallest absolute Gasteiger partial charge is 0.223 e. The molecule has 1 aromatic carbocycles. The molecule has 4 heteroatoms. The van der Waals surface area contributed by atoms with Gasteiger partial charge in [-0.15, -0.1) is 0 Å². The fourth-order valence-corrected chi connectivity index (χ4v) is 2.72. The van der Waals surface area contributed by atoms with Crippen LogP contribution in [-0.4, -0.2) is 22.7 Å². The molecule has 0 fully saturated rings. The zero-order chi connectivity index (χ0) is 15.9. The van der Waals surface area contributed by atoms with Gasteiger partial charge < -0.3 is 4.74 Å². The van der Waals surface area contributed by atoms with Crippen molar-refractivity contribution in [3.8, 4) is 5.88 Å². The summed E-state index contributed by atoms with van der Waals surface area (Å²) in [7, 11) is 3.34. The maximum atomic E-state index is 13.0. The summed E-state index contributed by atoms with van der Waals surface area (Å²) < 4.78 is 6.95. The lowest BCUT2D eigenvalue weighted by atomic mass is 9.90. The van der Waals surface area contributed by atoms with Crippen molar-refractivity contribution in [2.45, 2.75) is 34.6 Å². The van der Waals surface area contributed by atoms with E-state index in [0.717, 1.165) is 16.7 Å². The molecule has 0 saturated carbocycles. The first-order chi connectivity index (χ1) is 9.79. The molecule has 1 heterocycles. The average Bonchev–Trinajstić information content (AvgIpc) is 2.73. The molecule has 2 aromatic rings. The number of aromatic nitrogens is 2. The third kappa shape index (κ3) is 2.35. The first-order valence-corrected chi connectivity index (χ1v) is 6.99. The number of rotatable bonds is 3. The minimum atomic E-state index is -0.0267. The van der Waals surface area contributed by atoms with Crippen molar-refractivity contribution in [3.63, 3.8) is 0 Å². The molecular weight excluding hydrogens is 264 g/mol. The van der Waals surface area contributed by atoms with Crippen molar-refractivity contribution in [1.82, 2.24) is 9.78 Å². The van der Waals surface area contributed by atoms with Crippen molar-refractivity contribution in [2.24, 2.45) is 7.05 Å². The van der Waals surface area contributed by atoms with Crippen LogP contribution in [0, 0.1) is 34.6 Å². The normalized spacial score (nSPS) is 10.8. The molecule has 0 radical (unpaired) electrons. The number of hydrogen-bond donors (Lipinski definition) is 0. The molecule has 2 rings (SSSR count). The highest BCUT2D eigenvalue weighted by Gasteiger charge is 2.24. The van der Waals surface area contributed by atoms with Gasteiger partial charge in [0, 0.05) is 12.6 Å². The Morgan fingerprint density at radius 1 is 1.10 bits per heavy atom. The van der Waals surface area contributed by atoms with Crippen LogP contribution in [0.5, 0.6) is 5.88 Å². The van der Waals surface area contributed by atoms with Gasteiger partial charge in [0.1, 0.15) is 5.56 Å². The SMILES string of the molecule is COc1c(C(=O)c2cc(C)c(C)c(C)c2C)c(C)nn1C. The largest absolute Gasteiger partial charge is 0.481 e. The highest BCUT2D eigenvalue weighted by atomic mass is 16.5. The molecule has 0 saturated heterocycles. The summed E-state index contributed by atoms with van der Waals surface area (Å²) in [5.41, 5.74) is 6.51. The average molecular weight is 286 g/mol. The van der Waals surface area contributed by atoms with Crippen molar-refractivity contribution in [2.75, 3.05) is 7.11 Å². The molecular formula is C17H22N2O2. The summed E-state index contributed by atoms with van der Waals surface area (Å²) in [5, 5.41) is 4.29. The number of ether oxygens (including phenoxy) is 1. The minimum absolute atomic E-state index is 0.0267. The number of carbonyl (C=O) groups is 1. The quantitative estimate of drug-likeness (QED) is 0.814. The van der Waals surface area contributed by atoms with Crippen LogP contribution in [0.15, 0.2) is 6.07 Å². The molecule has 0 aliphatic heterocycles. The summed E-state index contributed by atoms with van der Waals surface area (Å²) >= 11 is 0. The van der Waals surface area contributed by atoms with E-state index >= 15 is 0 Å². The van der Waals surface area contributed by atoms with E-state index in [9.17, 15) is 4.79 Å². The van der Waals surface area contributed by atoms with Gasteiger partial charge in [-0.1, -0.05) is 0 Å². The first kappa shape index (κ1) is 15.3. The van der Waals surface area contributed by atoms with Gasteiger partial charge in [0.15, 0.2) is 0 Å². The summed E-state index contributed by atoms with van der Waals surface area (Å²) in [6.45, 7) is 10.0. The summed E-state index contributed by atoms with van der Waals surface area (Å²) in [6, 6.07) is 1.96. The van der Waals surface area contributed by atoms with Gasteiger partial charge in [0.25, 0.3) is 0 Å².